The topological polar surface area (TPSA) is 75.8 Å². The van der Waals surface area contributed by atoms with Gasteiger partial charge in [0.05, 0.1) is 6.61 Å². The maximum atomic E-state index is 11.2. The van der Waals surface area contributed by atoms with Crippen LogP contribution in [0.4, 0.5) is 4.79 Å². The Morgan fingerprint density at radius 1 is 1.64 bits per heavy atom. The molecule has 14 heavy (non-hydrogen) atoms. The van der Waals surface area contributed by atoms with Crippen molar-refractivity contribution in [1.82, 2.24) is 4.90 Å². The fourth-order valence-corrected chi connectivity index (χ4v) is 1.45. The van der Waals surface area contributed by atoms with Crippen LogP contribution in [0.3, 0.4) is 0 Å². The van der Waals surface area contributed by atoms with Crippen molar-refractivity contribution in [2.45, 2.75) is 13.0 Å². The predicted molar refractivity (Wildman–Crippen MR) is 54.4 cm³/mol. The zero-order chi connectivity index (χ0) is 9.84. The second-order valence-electron chi connectivity index (χ2n) is 3.21. The average Bonchev–Trinajstić information content (AvgIpc) is 2.47. The molecule has 1 fully saturated rings. The summed E-state index contributed by atoms with van der Waals surface area (Å²) >= 11 is 0. The highest BCUT2D eigenvalue weighted by atomic mass is 35.5. The molecule has 84 valence electrons. The third-order valence-corrected chi connectivity index (χ3v) is 2.25. The number of ether oxygens (including phenoxy) is 1. The summed E-state index contributed by atoms with van der Waals surface area (Å²) in [5.41, 5.74) is 5.70. The monoisotopic (exact) mass is 224 g/mol. The summed E-state index contributed by atoms with van der Waals surface area (Å²) in [5, 5.41) is 8.91. The Bertz CT molecular complexity index is 191. The summed E-state index contributed by atoms with van der Waals surface area (Å²) in [6, 6.07) is -0.130. The van der Waals surface area contributed by atoms with Gasteiger partial charge in [-0.15, -0.1) is 12.4 Å². The van der Waals surface area contributed by atoms with Crippen molar-refractivity contribution in [3.05, 3.63) is 0 Å². The first-order chi connectivity index (χ1) is 6.19. The van der Waals surface area contributed by atoms with E-state index >= 15 is 0 Å². The highest BCUT2D eigenvalue weighted by Gasteiger charge is 2.32. The van der Waals surface area contributed by atoms with Crippen molar-refractivity contribution >= 4 is 18.5 Å². The van der Waals surface area contributed by atoms with E-state index < -0.39 is 0 Å². The van der Waals surface area contributed by atoms with Crippen LogP contribution >= 0.6 is 12.4 Å². The molecule has 0 aromatic carbocycles. The molecule has 0 aliphatic carbocycles. The molecule has 0 aromatic heterocycles. The van der Waals surface area contributed by atoms with E-state index in [1.165, 1.54) is 4.90 Å². The van der Waals surface area contributed by atoms with Crippen LogP contribution in [-0.4, -0.2) is 48.4 Å². The average molecular weight is 225 g/mol. The number of nitrogens with zero attached hydrogens (tertiary/aromatic N) is 1. The Labute approximate surface area is 89.6 Å². The SMILES string of the molecule is CCOC(=O)N1CC(N)C(CO)C1.Cl. The Kier molecular flexibility index (Phi) is 5.83. The highest BCUT2D eigenvalue weighted by molar-refractivity contribution is 5.85. The summed E-state index contributed by atoms with van der Waals surface area (Å²) in [6.07, 6.45) is -0.339. The molecular weight excluding hydrogens is 208 g/mol. The number of hydrogen-bond acceptors (Lipinski definition) is 4. The number of hydrogen-bond donors (Lipinski definition) is 2. The molecule has 3 N–H and O–H groups in total. The molecule has 1 saturated heterocycles. The van der Waals surface area contributed by atoms with Crippen LogP contribution in [0.25, 0.3) is 0 Å². The van der Waals surface area contributed by atoms with Crippen molar-refractivity contribution in [2.75, 3.05) is 26.3 Å². The number of likely N-dealkylation sites (tertiary alicyclic amines) is 1. The van der Waals surface area contributed by atoms with E-state index in [2.05, 4.69) is 0 Å². The number of aliphatic hydroxyl groups is 1. The lowest BCUT2D eigenvalue weighted by atomic mass is 10.1. The third-order valence-electron chi connectivity index (χ3n) is 2.25. The van der Waals surface area contributed by atoms with E-state index in [1.807, 2.05) is 0 Å². The smallest absolute Gasteiger partial charge is 0.409 e. The van der Waals surface area contributed by atoms with Gasteiger partial charge in [-0.2, -0.15) is 0 Å². The lowest BCUT2D eigenvalue weighted by Gasteiger charge is -2.14. The van der Waals surface area contributed by atoms with Crippen molar-refractivity contribution in [3.63, 3.8) is 0 Å². The molecule has 0 spiro atoms. The van der Waals surface area contributed by atoms with Gasteiger partial charge in [-0.1, -0.05) is 0 Å². The molecule has 1 rings (SSSR count). The molecule has 0 aromatic rings. The van der Waals surface area contributed by atoms with Crippen molar-refractivity contribution < 1.29 is 14.6 Å². The molecule has 1 aliphatic rings. The fraction of sp³-hybridized carbons (Fsp3) is 0.875. The quantitative estimate of drug-likeness (QED) is 0.682. The number of rotatable bonds is 2. The second kappa shape index (κ2) is 6.06. The number of carbonyl (C=O) groups excluding carboxylic acids is 1. The predicted octanol–water partition coefficient (Wildman–Crippen LogP) is -0.184. The van der Waals surface area contributed by atoms with Gasteiger partial charge in [0, 0.05) is 31.7 Å². The van der Waals surface area contributed by atoms with E-state index in [0.29, 0.717) is 19.7 Å². The maximum Gasteiger partial charge on any atom is 0.409 e. The Morgan fingerprint density at radius 2 is 2.29 bits per heavy atom. The Hall–Kier alpha value is -0.520. The number of carbonyl (C=O) groups is 1. The summed E-state index contributed by atoms with van der Waals surface area (Å²) in [4.78, 5) is 12.8. The van der Waals surface area contributed by atoms with Crippen LogP contribution in [0.1, 0.15) is 6.92 Å². The first-order valence-electron chi connectivity index (χ1n) is 4.47. The lowest BCUT2D eigenvalue weighted by Crippen LogP contribution is -2.33. The van der Waals surface area contributed by atoms with Gasteiger partial charge in [0.25, 0.3) is 0 Å². The lowest BCUT2D eigenvalue weighted by molar-refractivity contribution is 0.112. The second-order valence-corrected chi connectivity index (χ2v) is 3.21. The minimum atomic E-state index is -0.339. The maximum absolute atomic E-state index is 11.2. The number of aliphatic hydroxyl groups excluding tert-OH is 1. The molecule has 0 saturated carbocycles. The van der Waals surface area contributed by atoms with Gasteiger partial charge >= 0.3 is 6.09 Å². The van der Waals surface area contributed by atoms with Gasteiger partial charge in [-0.25, -0.2) is 4.79 Å². The van der Waals surface area contributed by atoms with Gasteiger partial charge in [-0.3, -0.25) is 0 Å². The first-order valence-corrected chi connectivity index (χ1v) is 4.47. The molecule has 2 unspecified atom stereocenters. The van der Waals surface area contributed by atoms with Crippen LogP contribution in [0, 0.1) is 5.92 Å². The molecule has 1 aliphatic heterocycles. The van der Waals surface area contributed by atoms with Gasteiger partial charge in [0.2, 0.25) is 0 Å². The molecule has 6 heteroatoms. The largest absolute Gasteiger partial charge is 0.450 e. The van der Waals surface area contributed by atoms with E-state index in [0.717, 1.165) is 0 Å². The minimum Gasteiger partial charge on any atom is -0.450 e. The Morgan fingerprint density at radius 3 is 2.71 bits per heavy atom. The molecule has 1 heterocycles. The zero-order valence-electron chi connectivity index (χ0n) is 8.18. The minimum absolute atomic E-state index is 0. The summed E-state index contributed by atoms with van der Waals surface area (Å²) in [7, 11) is 0. The Balaban J connectivity index is 0.00000169. The van der Waals surface area contributed by atoms with Crippen LogP contribution < -0.4 is 5.73 Å². The summed E-state index contributed by atoms with van der Waals surface area (Å²) in [6.45, 7) is 3.13. The van der Waals surface area contributed by atoms with E-state index in [4.69, 9.17) is 15.6 Å². The van der Waals surface area contributed by atoms with Crippen molar-refractivity contribution in [2.24, 2.45) is 11.7 Å². The highest BCUT2D eigenvalue weighted by Crippen LogP contribution is 2.15. The van der Waals surface area contributed by atoms with E-state index in [9.17, 15) is 4.79 Å². The van der Waals surface area contributed by atoms with E-state index in [1.54, 1.807) is 6.92 Å². The van der Waals surface area contributed by atoms with Gasteiger partial charge < -0.3 is 20.5 Å². The van der Waals surface area contributed by atoms with Gasteiger partial charge in [0.1, 0.15) is 0 Å². The van der Waals surface area contributed by atoms with E-state index in [-0.39, 0.29) is 37.1 Å². The molecule has 2 atom stereocenters. The molecular formula is C8H17ClN2O3. The van der Waals surface area contributed by atoms with Gasteiger partial charge in [-0.05, 0) is 6.92 Å². The summed E-state index contributed by atoms with van der Waals surface area (Å²) in [5.74, 6) is -0.00981. The van der Waals surface area contributed by atoms with Crippen LogP contribution in [-0.2, 0) is 4.74 Å². The molecule has 5 nitrogen and oxygen atoms in total. The molecule has 0 radical (unpaired) electrons. The normalized spacial score (nSPS) is 25.8. The fourth-order valence-electron chi connectivity index (χ4n) is 1.45. The van der Waals surface area contributed by atoms with Crippen LogP contribution in [0.5, 0.6) is 0 Å². The zero-order valence-corrected chi connectivity index (χ0v) is 9.00. The molecule has 1 amide bonds. The van der Waals surface area contributed by atoms with Crippen molar-refractivity contribution in [3.8, 4) is 0 Å². The third kappa shape index (κ3) is 3.01. The van der Waals surface area contributed by atoms with Crippen LogP contribution in [0.15, 0.2) is 0 Å². The summed E-state index contributed by atoms with van der Waals surface area (Å²) < 4.78 is 4.82. The first kappa shape index (κ1) is 13.5. The van der Waals surface area contributed by atoms with Crippen molar-refractivity contribution in [1.29, 1.82) is 0 Å². The van der Waals surface area contributed by atoms with Crippen LogP contribution in [0.2, 0.25) is 0 Å². The number of halogens is 1. The number of amides is 1. The standard InChI is InChI=1S/C8H16N2O3.ClH/c1-2-13-8(12)10-3-6(5-11)7(9)4-10;/h6-7,11H,2-5,9H2,1H3;1H. The number of nitrogens with two attached hydrogens (primary N) is 1. The van der Waals surface area contributed by atoms with Gasteiger partial charge in [0.15, 0.2) is 0 Å². The molecule has 0 bridgehead atoms.